The smallest absolute Gasteiger partial charge is 0.333 e. The fourth-order valence-corrected chi connectivity index (χ4v) is 1.86. The zero-order valence-corrected chi connectivity index (χ0v) is 12.2. The van der Waals surface area contributed by atoms with E-state index in [4.69, 9.17) is 0 Å². The van der Waals surface area contributed by atoms with Crippen LogP contribution >= 0.6 is 0 Å². The maximum Gasteiger partial charge on any atom is 0.333 e. The number of aromatic hydroxyl groups is 1. The van der Waals surface area contributed by atoms with Crippen molar-refractivity contribution in [3.8, 4) is 5.88 Å². The summed E-state index contributed by atoms with van der Waals surface area (Å²) in [5.74, 6) is -0.265. The fourth-order valence-electron chi connectivity index (χ4n) is 1.86. The third-order valence-corrected chi connectivity index (χ3v) is 2.95. The first-order chi connectivity index (χ1) is 9.81. The second-order valence-electron chi connectivity index (χ2n) is 4.65. The van der Waals surface area contributed by atoms with Crippen molar-refractivity contribution in [3.05, 3.63) is 43.9 Å². The molecule has 0 radical (unpaired) electrons. The van der Waals surface area contributed by atoms with Crippen LogP contribution in [0.25, 0.3) is 0 Å². The average Bonchev–Trinajstić information content (AvgIpc) is 2.42. The van der Waals surface area contributed by atoms with Gasteiger partial charge in [0.15, 0.2) is 0 Å². The topological polar surface area (TPSA) is 102 Å². The molecule has 0 fully saturated rings. The third kappa shape index (κ3) is 2.73. The fraction of sp³-hybridized carbons (Fsp3) is 0.308. The van der Waals surface area contributed by atoms with E-state index in [2.05, 4.69) is 15.0 Å². The minimum absolute atomic E-state index is 0.0950. The maximum atomic E-state index is 12.0. The molecule has 2 heterocycles. The van der Waals surface area contributed by atoms with Crippen LogP contribution in [0.2, 0.25) is 0 Å². The van der Waals surface area contributed by atoms with Crippen LogP contribution in [0.4, 0.5) is 5.95 Å². The summed E-state index contributed by atoms with van der Waals surface area (Å²) in [6.45, 7) is 3.60. The van der Waals surface area contributed by atoms with Crippen LogP contribution in [-0.4, -0.2) is 30.4 Å². The first-order valence-corrected chi connectivity index (χ1v) is 6.16. The van der Waals surface area contributed by atoms with Gasteiger partial charge in [-0.15, -0.1) is 0 Å². The number of aliphatic imine (C=N–C) groups is 1. The van der Waals surface area contributed by atoms with Crippen molar-refractivity contribution < 1.29 is 5.11 Å². The lowest BCUT2D eigenvalue weighted by molar-refractivity contribution is 0.410. The lowest BCUT2D eigenvalue weighted by Crippen LogP contribution is -2.38. The van der Waals surface area contributed by atoms with E-state index >= 15 is 0 Å². The Bertz CT molecular complexity index is 828. The monoisotopic (exact) mass is 289 g/mol. The molecule has 8 heteroatoms. The molecule has 0 atom stereocenters. The Balaban J connectivity index is 2.56. The van der Waals surface area contributed by atoms with E-state index in [1.165, 1.54) is 14.1 Å². The quantitative estimate of drug-likeness (QED) is 0.781. The van der Waals surface area contributed by atoms with E-state index in [1.807, 2.05) is 0 Å². The summed E-state index contributed by atoms with van der Waals surface area (Å²) in [6.07, 6.45) is 1.16. The van der Waals surface area contributed by atoms with Crippen LogP contribution in [0.3, 0.4) is 0 Å². The molecular formula is C13H15N5O3. The first kappa shape index (κ1) is 14.6. The van der Waals surface area contributed by atoms with Crippen molar-refractivity contribution in [2.45, 2.75) is 13.8 Å². The van der Waals surface area contributed by atoms with E-state index in [9.17, 15) is 14.7 Å². The SMILES string of the molecule is Cc1cc(C)nc(N=Cc2c(O)n(C)c(=O)n(C)c2=O)n1. The van der Waals surface area contributed by atoms with Gasteiger partial charge in [-0.2, -0.15) is 0 Å². The zero-order valence-electron chi connectivity index (χ0n) is 12.2. The molecule has 0 spiro atoms. The number of aromatic nitrogens is 4. The van der Waals surface area contributed by atoms with Gasteiger partial charge in [0.2, 0.25) is 11.8 Å². The van der Waals surface area contributed by atoms with Gasteiger partial charge in [0, 0.05) is 31.7 Å². The van der Waals surface area contributed by atoms with Gasteiger partial charge in [-0.25, -0.2) is 19.8 Å². The van der Waals surface area contributed by atoms with Gasteiger partial charge in [0.25, 0.3) is 5.56 Å². The van der Waals surface area contributed by atoms with Crippen LogP contribution in [-0.2, 0) is 14.1 Å². The summed E-state index contributed by atoms with van der Waals surface area (Å²) < 4.78 is 1.86. The van der Waals surface area contributed by atoms with Crippen molar-refractivity contribution in [3.63, 3.8) is 0 Å². The van der Waals surface area contributed by atoms with Crippen molar-refractivity contribution in [1.82, 2.24) is 19.1 Å². The Morgan fingerprint density at radius 2 is 1.71 bits per heavy atom. The molecule has 0 saturated heterocycles. The molecule has 0 aliphatic heterocycles. The van der Waals surface area contributed by atoms with Crippen LogP contribution < -0.4 is 11.2 Å². The van der Waals surface area contributed by atoms with Crippen LogP contribution in [0.15, 0.2) is 20.6 Å². The molecule has 0 aliphatic rings. The van der Waals surface area contributed by atoms with Gasteiger partial charge in [-0.3, -0.25) is 13.9 Å². The molecule has 21 heavy (non-hydrogen) atoms. The average molecular weight is 289 g/mol. The summed E-state index contributed by atoms with van der Waals surface area (Å²) in [7, 11) is 2.69. The van der Waals surface area contributed by atoms with Crippen LogP contribution in [0.5, 0.6) is 5.88 Å². The van der Waals surface area contributed by atoms with Crippen LogP contribution in [0.1, 0.15) is 17.0 Å². The molecule has 2 aromatic heterocycles. The molecule has 2 aromatic rings. The molecule has 0 bridgehead atoms. The largest absolute Gasteiger partial charge is 0.494 e. The highest BCUT2D eigenvalue weighted by Crippen LogP contribution is 2.10. The number of hydrogen-bond donors (Lipinski definition) is 1. The standard InChI is InChI=1S/C13H15N5O3/c1-7-5-8(2)16-12(15-7)14-6-9-10(19)17(3)13(21)18(4)11(9)20/h5-6,19H,1-4H3. The molecule has 1 N–H and O–H groups in total. The van der Waals surface area contributed by atoms with Gasteiger partial charge in [0.05, 0.1) is 0 Å². The highest BCUT2D eigenvalue weighted by atomic mass is 16.3. The Hall–Kier alpha value is -2.77. The third-order valence-electron chi connectivity index (χ3n) is 2.95. The summed E-state index contributed by atoms with van der Waals surface area (Å²) in [6, 6.07) is 1.79. The van der Waals surface area contributed by atoms with Gasteiger partial charge in [-0.05, 0) is 19.9 Å². The summed E-state index contributed by atoms with van der Waals surface area (Å²) in [4.78, 5) is 35.8. The van der Waals surface area contributed by atoms with Crippen molar-refractivity contribution in [2.75, 3.05) is 0 Å². The Morgan fingerprint density at radius 3 is 2.29 bits per heavy atom. The Labute approximate surface area is 120 Å². The number of hydrogen-bond acceptors (Lipinski definition) is 6. The summed E-state index contributed by atoms with van der Waals surface area (Å²) in [5.41, 5.74) is 0.142. The zero-order chi connectivity index (χ0) is 15.7. The lowest BCUT2D eigenvalue weighted by Gasteiger charge is -2.06. The van der Waals surface area contributed by atoms with E-state index < -0.39 is 17.1 Å². The van der Waals surface area contributed by atoms with Gasteiger partial charge in [0.1, 0.15) is 5.56 Å². The number of aryl methyl sites for hydroxylation is 2. The first-order valence-electron chi connectivity index (χ1n) is 6.16. The number of nitrogens with zero attached hydrogens (tertiary/aromatic N) is 5. The van der Waals surface area contributed by atoms with E-state index in [1.54, 1.807) is 19.9 Å². The minimum Gasteiger partial charge on any atom is -0.494 e. The molecule has 0 unspecified atom stereocenters. The molecule has 0 aromatic carbocycles. The Kier molecular flexibility index (Phi) is 3.70. The molecule has 110 valence electrons. The predicted molar refractivity (Wildman–Crippen MR) is 77.3 cm³/mol. The second kappa shape index (κ2) is 5.31. The Morgan fingerprint density at radius 1 is 1.14 bits per heavy atom. The van der Waals surface area contributed by atoms with Crippen molar-refractivity contribution in [2.24, 2.45) is 19.1 Å². The van der Waals surface area contributed by atoms with E-state index in [0.717, 1.165) is 26.7 Å². The van der Waals surface area contributed by atoms with E-state index in [0.29, 0.717) is 0 Å². The van der Waals surface area contributed by atoms with E-state index in [-0.39, 0.29) is 11.5 Å². The lowest BCUT2D eigenvalue weighted by atomic mass is 10.3. The maximum absolute atomic E-state index is 12.0. The normalized spacial score (nSPS) is 11.2. The van der Waals surface area contributed by atoms with Gasteiger partial charge >= 0.3 is 5.69 Å². The van der Waals surface area contributed by atoms with Crippen molar-refractivity contribution in [1.29, 1.82) is 0 Å². The van der Waals surface area contributed by atoms with Crippen molar-refractivity contribution >= 4 is 12.2 Å². The molecule has 0 saturated carbocycles. The highest BCUT2D eigenvalue weighted by Gasteiger charge is 2.13. The summed E-state index contributed by atoms with van der Waals surface area (Å²) in [5, 5.41) is 9.89. The molecular weight excluding hydrogens is 274 g/mol. The summed E-state index contributed by atoms with van der Waals surface area (Å²) >= 11 is 0. The predicted octanol–water partition coefficient (Wildman–Crippen LogP) is -0.0530. The van der Waals surface area contributed by atoms with Gasteiger partial charge < -0.3 is 5.11 Å². The highest BCUT2D eigenvalue weighted by molar-refractivity contribution is 5.83. The second-order valence-corrected chi connectivity index (χ2v) is 4.65. The van der Waals surface area contributed by atoms with Gasteiger partial charge in [-0.1, -0.05) is 0 Å². The molecule has 0 aliphatic carbocycles. The van der Waals surface area contributed by atoms with Crippen LogP contribution in [0, 0.1) is 13.8 Å². The molecule has 8 nitrogen and oxygen atoms in total. The molecule has 2 rings (SSSR count). The minimum atomic E-state index is -0.635. The molecule has 0 amide bonds. The number of rotatable bonds is 2.